The Bertz CT molecular complexity index is 427. The van der Waals surface area contributed by atoms with E-state index in [0.717, 1.165) is 23.2 Å². The van der Waals surface area contributed by atoms with E-state index in [2.05, 4.69) is 24.3 Å². The predicted molar refractivity (Wildman–Crippen MR) is 80.9 cm³/mol. The minimum atomic E-state index is 0.136. The number of nitrogens with one attached hydrogen (secondary N) is 1. The molecule has 0 radical (unpaired) electrons. The number of halogens is 1. The Morgan fingerprint density at radius 1 is 1.53 bits per heavy atom. The lowest BCUT2D eigenvalue weighted by atomic mass is 10.1. The summed E-state index contributed by atoms with van der Waals surface area (Å²) in [5.74, 6) is 0.906. The van der Waals surface area contributed by atoms with Gasteiger partial charge in [-0.25, -0.2) is 0 Å². The summed E-state index contributed by atoms with van der Waals surface area (Å²) in [6, 6.07) is 4.36. The average molecular weight is 301 g/mol. The van der Waals surface area contributed by atoms with Crippen LogP contribution in [0.5, 0.6) is 0 Å². The molecule has 1 N–H and O–H groups in total. The molecule has 1 aliphatic carbocycles. The summed E-state index contributed by atoms with van der Waals surface area (Å²) in [6.45, 7) is 0.766. The van der Waals surface area contributed by atoms with Gasteiger partial charge in [0.05, 0.1) is 4.34 Å². The highest BCUT2D eigenvalue weighted by Crippen LogP contribution is 2.34. The molecule has 0 aromatic carbocycles. The van der Waals surface area contributed by atoms with Crippen molar-refractivity contribution in [3.05, 3.63) is 21.3 Å². The molecular formula is C14H21ClN2OS. The minimum Gasteiger partial charge on any atom is -0.355 e. The zero-order chi connectivity index (χ0) is 13.8. The van der Waals surface area contributed by atoms with Gasteiger partial charge in [-0.3, -0.25) is 4.79 Å². The average Bonchev–Trinajstić information content (AvgIpc) is 3.09. The zero-order valence-corrected chi connectivity index (χ0v) is 13.1. The Labute approximate surface area is 123 Å². The maximum atomic E-state index is 11.8. The van der Waals surface area contributed by atoms with Crippen molar-refractivity contribution in [2.45, 2.75) is 31.7 Å². The Balaban J connectivity index is 1.69. The quantitative estimate of drug-likeness (QED) is 0.840. The van der Waals surface area contributed by atoms with Crippen LogP contribution in [-0.2, 0) is 11.2 Å². The highest BCUT2D eigenvalue weighted by atomic mass is 35.5. The van der Waals surface area contributed by atoms with Crippen LogP contribution in [0.15, 0.2) is 12.1 Å². The predicted octanol–water partition coefficient (Wildman–Crippen LogP) is 2.79. The molecule has 2 rings (SSSR count). The Hall–Kier alpha value is -0.580. The van der Waals surface area contributed by atoms with Crippen LogP contribution in [0.1, 0.15) is 24.1 Å². The van der Waals surface area contributed by atoms with Gasteiger partial charge in [-0.05, 0) is 51.4 Å². The monoisotopic (exact) mass is 300 g/mol. The molecule has 0 spiro atoms. The smallest absolute Gasteiger partial charge is 0.220 e. The van der Waals surface area contributed by atoms with Crippen LogP contribution in [0.2, 0.25) is 4.34 Å². The van der Waals surface area contributed by atoms with Crippen molar-refractivity contribution in [2.24, 2.45) is 5.92 Å². The molecule has 1 aromatic heterocycles. The summed E-state index contributed by atoms with van der Waals surface area (Å²) in [6.07, 6.45) is 3.92. The maximum absolute atomic E-state index is 11.8. The molecule has 19 heavy (non-hydrogen) atoms. The fourth-order valence-corrected chi connectivity index (χ4v) is 3.37. The number of hydrogen-bond acceptors (Lipinski definition) is 3. The topological polar surface area (TPSA) is 32.3 Å². The third-order valence-corrected chi connectivity index (χ3v) is 4.86. The number of hydrogen-bond donors (Lipinski definition) is 1. The van der Waals surface area contributed by atoms with Crippen LogP contribution in [0.25, 0.3) is 0 Å². The van der Waals surface area contributed by atoms with E-state index in [1.165, 1.54) is 17.7 Å². The van der Waals surface area contributed by atoms with Gasteiger partial charge in [0.15, 0.2) is 0 Å². The van der Waals surface area contributed by atoms with E-state index in [-0.39, 0.29) is 5.91 Å². The lowest BCUT2D eigenvalue weighted by Gasteiger charge is -2.24. The Morgan fingerprint density at radius 2 is 2.26 bits per heavy atom. The van der Waals surface area contributed by atoms with Gasteiger partial charge in [0, 0.05) is 23.9 Å². The number of rotatable bonds is 7. The number of carbonyl (C=O) groups is 1. The van der Waals surface area contributed by atoms with Crippen molar-refractivity contribution in [1.29, 1.82) is 0 Å². The van der Waals surface area contributed by atoms with E-state index in [9.17, 15) is 4.79 Å². The molecule has 0 saturated heterocycles. The first kappa shape index (κ1) is 14.8. The van der Waals surface area contributed by atoms with Gasteiger partial charge < -0.3 is 10.2 Å². The van der Waals surface area contributed by atoms with E-state index in [1.54, 1.807) is 11.3 Å². The van der Waals surface area contributed by atoms with E-state index < -0.39 is 0 Å². The number of amides is 1. The summed E-state index contributed by atoms with van der Waals surface area (Å²) in [7, 11) is 4.17. The third kappa shape index (κ3) is 4.79. The van der Waals surface area contributed by atoms with Gasteiger partial charge in [0.25, 0.3) is 0 Å². The second kappa shape index (κ2) is 6.73. The number of likely N-dealkylation sites (N-methyl/N-ethyl adjacent to an activating group) is 1. The van der Waals surface area contributed by atoms with Crippen molar-refractivity contribution in [3.8, 4) is 0 Å². The van der Waals surface area contributed by atoms with Crippen molar-refractivity contribution in [3.63, 3.8) is 0 Å². The summed E-state index contributed by atoms with van der Waals surface area (Å²) >= 11 is 7.42. The van der Waals surface area contributed by atoms with Crippen molar-refractivity contribution in [1.82, 2.24) is 10.2 Å². The summed E-state index contributed by atoms with van der Waals surface area (Å²) in [5, 5.41) is 3.05. The van der Waals surface area contributed by atoms with Crippen molar-refractivity contribution in [2.75, 3.05) is 20.6 Å². The molecule has 1 unspecified atom stereocenters. The Morgan fingerprint density at radius 3 is 2.79 bits per heavy atom. The normalized spacial score (nSPS) is 16.6. The molecule has 0 aliphatic heterocycles. The maximum Gasteiger partial charge on any atom is 0.220 e. The van der Waals surface area contributed by atoms with E-state index in [1.807, 2.05) is 12.1 Å². The number of thiophene rings is 1. The first-order valence-electron chi connectivity index (χ1n) is 6.73. The van der Waals surface area contributed by atoms with Crippen LogP contribution < -0.4 is 5.32 Å². The molecule has 1 fully saturated rings. The molecule has 1 amide bonds. The van der Waals surface area contributed by atoms with Gasteiger partial charge in [-0.1, -0.05) is 11.6 Å². The van der Waals surface area contributed by atoms with Crippen LogP contribution in [0, 0.1) is 5.92 Å². The summed E-state index contributed by atoms with van der Waals surface area (Å²) in [5.41, 5.74) is 0. The van der Waals surface area contributed by atoms with E-state index in [0.29, 0.717) is 12.5 Å². The molecule has 1 aliphatic rings. The molecule has 3 nitrogen and oxygen atoms in total. The van der Waals surface area contributed by atoms with Crippen molar-refractivity contribution < 1.29 is 4.79 Å². The molecule has 1 atom stereocenters. The van der Waals surface area contributed by atoms with E-state index in [4.69, 9.17) is 11.6 Å². The van der Waals surface area contributed by atoms with Gasteiger partial charge in [-0.15, -0.1) is 11.3 Å². The largest absolute Gasteiger partial charge is 0.355 e. The first-order valence-corrected chi connectivity index (χ1v) is 7.93. The van der Waals surface area contributed by atoms with Gasteiger partial charge in [0.1, 0.15) is 0 Å². The van der Waals surface area contributed by atoms with Crippen molar-refractivity contribution >= 4 is 28.8 Å². The summed E-state index contributed by atoms with van der Waals surface area (Å²) < 4.78 is 0.789. The van der Waals surface area contributed by atoms with E-state index >= 15 is 0 Å². The molecular weight excluding hydrogens is 280 g/mol. The highest BCUT2D eigenvalue weighted by molar-refractivity contribution is 7.16. The van der Waals surface area contributed by atoms with Crippen LogP contribution in [0.4, 0.5) is 0 Å². The molecule has 106 valence electrons. The highest BCUT2D eigenvalue weighted by Gasteiger charge is 2.32. The molecule has 1 heterocycles. The fourth-order valence-electron chi connectivity index (χ4n) is 2.28. The van der Waals surface area contributed by atoms with Crippen LogP contribution in [-0.4, -0.2) is 37.5 Å². The first-order chi connectivity index (χ1) is 9.06. The van der Waals surface area contributed by atoms with Gasteiger partial charge in [-0.2, -0.15) is 0 Å². The fraction of sp³-hybridized carbons (Fsp3) is 0.643. The SMILES string of the molecule is CN(C)C(CNC(=O)CCc1ccc(Cl)s1)C1CC1. The zero-order valence-electron chi connectivity index (χ0n) is 11.5. The number of aryl methyl sites for hydroxylation is 1. The van der Waals surface area contributed by atoms with Gasteiger partial charge in [0.2, 0.25) is 5.91 Å². The molecule has 5 heteroatoms. The van der Waals surface area contributed by atoms with Gasteiger partial charge >= 0.3 is 0 Å². The Kier molecular flexibility index (Phi) is 5.25. The van der Waals surface area contributed by atoms with Crippen LogP contribution >= 0.6 is 22.9 Å². The second-order valence-electron chi connectivity index (χ2n) is 5.38. The molecule has 1 saturated carbocycles. The number of carbonyl (C=O) groups excluding carboxylic acids is 1. The minimum absolute atomic E-state index is 0.136. The summed E-state index contributed by atoms with van der Waals surface area (Å²) in [4.78, 5) is 15.2. The lowest BCUT2D eigenvalue weighted by molar-refractivity contribution is -0.121. The lowest BCUT2D eigenvalue weighted by Crippen LogP contribution is -2.41. The third-order valence-electron chi connectivity index (χ3n) is 3.57. The molecule has 1 aromatic rings. The second-order valence-corrected chi connectivity index (χ2v) is 7.18. The van der Waals surface area contributed by atoms with Crippen LogP contribution in [0.3, 0.4) is 0 Å². The molecule has 0 bridgehead atoms. The standard InChI is InChI=1S/C14H21ClN2OS/c1-17(2)12(10-3-4-10)9-16-14(18)8-6-11-5-7-13(15)19-11/h5,7,10,12H,3-4,6,8-9H2,1-2H3,(H,16,18). The number of nitrogens with zero attached hydrogens (tertiary/aromatic N) is 1.